The fourth-order valence-electron chi connectivity index (χ4n) is 3.82. The topological polar surface area (TPSA) is 59.1 Å². The highest BCUT2D eigenvalue weighted by molar-refractivity contribution is 7.91. The Morgan fingerprint density at radius 1 is 1.03 bits per heavy atom. The molecule has 1 aromatic heterocycles. The Balaban J connectivity index is 1.41. The molecular weight excluding hydrogens is 480 g/mol. The third kappa shape index (κ3) is 6.15. The van der Waals surface area contributed by atoms with E-state index in [1.807, 2.05) is 48.5 Å². The Morgan fingerprint density at radius 3 is 2.45 bits per heavy atom. The summed E-state index contributed by atoms with van der Waals surface area (Å²) in [6, 6.07) is 19.0. The summed E-state index contributed by atoms with van der Waals surface area (Å²) in [6.45, 7) is 3.33. The van der Waals surface area contributed by atoms with Crippen LogP contribution in [-0.2, 0) is 21.4 Å². The average molecular weight is 507 g/mol. The Bertz CT molecular complexity index is 1130. The molecule has 176 valence electrons. The molecule has 1 aliphatic rings. The number of methoxy groups -OCH3 is 1. The number of piperazine rings is 1. The van der Waals surface area contributed by atoms with Crippen molar-refractivity contribution in [2.75, 3.05) is 39.8 Å². The number of hydrogen-bond acceptors (Lipinski definition) is 6. The summed E-state index contributed by atoms with van der Waals surface area (Å²) in [5.74, 6) is 0.794. The molecule has 3 aromatic rings. The molecule has 1 unspecified atom stereocenters. The van der Waals surface area contributed by atoms with E-state index in [-0.39, 0.29) is 6.10 Å². The van der Waals surface area contributed by atoms with Crippen LogP contribution in [0.2, 0.25) is 5.02 Å². The second-order valence-electron chi connectivity index (χ2n) is 7.84. The number of nitrogens with zero attached hydrogens (tertiary/aromatic N) is 2. The summed E-state index contributed by atoms with van der Waals surface area (Å²) in [5.41, 5.74) is 2.07. The van der Waals surface area contributed by atoms with Crippen molar-refractivity contribution in [3.63, 3.8) is 0 Å². The zero-order valence-electron chi connectivity index (χ0n) is 18.4. The van der Waals surface area contributed by atoms with E-state index < -0.39 is 10.0 Å². The standard InChI is InChI=1S/C24H27ClN2O4S2/c1-30-22-5-2-4-19(16-22)18-31-23(20-7-9-21(25)10-8-20)17-26-11-13-27(14-12-26)33(28,29)24-6-3-15-32-24/h2-10,15-16,23H,11-14,17-18H2,1H3. The molecule has 0 bridgehead atoms. The predicted molar refractivity (Wildman–Crippen MR) is 131 cm³/mol. The van der Waals surface area contributed by atoms with Crippen molar-refractivity contribution in [2.24, 2.45) is 0 Å². The average Bonchev–Trinajstić information content (AvgIpc) is 3.39. The van der Waals surface area contributed by atoms with Crippen LogP contribution in [0.1, 0.15) is 17.2 Å². The summed E-state index contributed by atoms with van der Waals surface area (Å²) >= 11 is 7.35. The first-order chi connectivity index (χ1) is 16.0. The van der Waals surface area contributed by atoms with Gasteiger partial charge >= 0.3 is 0 Å². The molecule has 0 radical (unpaired) electrons. The lowest BCUT2D eigenvalue weighted by Gasteiger charge is -2.35. The predicted octanol–water partition coefficient (Wildman–Crippen LogP) is 4.67. The molecular formula is C24H27ClN2O4S2. The zero-order chi connectivity index (χ0) is 23.3. The van der Waals surface area contributed by atoms with Gasteiger partial charge < -0.3 is 9.47 Å². The first kappa shape index (κ1) is 24.2. The number of halogens is 1. The molecule has 0 aliphatic carbocycles. The van der Waals surface area contributed by atoms with Crippen molar-refractivity contribution in [1.82, 2.24) is 9.21 Å². The van der Waals surface area contributed by atoms with Gasteiger partial charge in [-0.15, -0.1) is 11.3 Å². The van der Waals surface area contributed by atoms with E-state index in [9.17, 15) is 8.42 Å². The van der Waals surface area contributed by atoms with E-state index in [1.54, 1.807) is 28.9 Å². The third-order valence-corrected chi connectivity index (χ3v) is 9.20. The largest absolute Gasteiger partial charge is 0.497 e. The van der Waals surface area contributed by atoms with Gasteiger partial charge in [0.05, 0.1) is 19.8 Å². The van der Waals surface area contributed by atoms with E-state index in [0.717, 1.165) is 16.9 Å². The summed E-state index contributed by atoms with van der Waals surface area (Å²) in [6.07, 6.45) is -0.172. The van der Waals surface area contributed by atoms with E-state index in [1.165, 1.54) is 11.3 Å². The monoisotopic (exact) mass is 506 g/mol. The van der Waals surface area contributed by atoms with Crippen molar-refractivity contribution in [2.45, 2.75) is 16.9 Å². The van der Waals surface area contributed by atoms with Crippen LogP contribution in [0.15, 0.2) is 70.3 Å². The molecule has 0 amide bonds. The number of ether oxygens (including phenoxy) is 2. The third-order valence-electron chi connectivity index (χ3n) is 5.67. The van der Waals surface area contributed by atoms with Crippen LogP contribution in [0, 0.1) is 0 Å². The smallest absolute Gasteiger partial charge is 0.252 e. The molecule has 1 fully saturated rings. The number of hydrogen-bond donors (Lipinski definition) is 0. The molecule has 2 aromatic carbocycles. The minimum atomic E-state index is -3.41. The summed E-state index contributed by atoms with van der Waals surface area (Å²) in [4.78, 5) is 2.26. The molecule has 0 saturated carbocycles. The van der Waals surface area contributed by atoms with E-state index in [4.69, 9.17) is 21.1 Å². The van der Waals surface area contributed by atoms with E-state index >= 15 is 0 Å². The molecule has 1 atom stereocenters. The molecule has 6 nitrogen and oxygen atoms in total. The Labute approximate surface area is 204 Å². The summed E-state index contributed by atoms with van der Waals surface area (Å²) in [5, 5.41) is 2.47. The number of sulfonamides is 1. The first-order valence-corrected chi connectivity index (χ1v) is 13.4. The van der Waals surface area contributed by atoms with Crippen molar-refractivity contribution in [3.05, 3.63) is 82.2 Å². The van der Waals surface area contributed by atoms with Crippen LogP contribution in [0.3, 0.4) is 0 Å². The Kier molecular flexibility index (Phi) is 8.06. The molecule has 9 heteroatoms. The van der Waals surface area contributed by atoms with Gasteiger partial charge in [0.15, 0.2) is 0 Å². The Hall–Kier alpha value is -1.94. The highest BCUT2D eigenvalue weighted by atomic mass is 35.5. The van der Waals surface area contributed by atoms with Crippen molar-refractivity contribution >= 4 is 33.0 Å². The fourth-order valence-corrected chi connectivity index (χ4v) is 6.51. The molecule has 1 aliphatic heterocycles. The summed E-state index contributed by atoms with van der Waals surface area (Å²) < 4.78 is 39.3. The van der Waals surface area contributed by atoms with Crippen LogP contribution in [0.4, 0.5) is 0 Å². The first-order valence-electron chi connectivity index (χ1n) is 10.7. The van der Waals surface area contributed by atoms with Crippen LogP contribution >= 0.6 is 22.9 Å². The van der Waals surface area contributed by atoms with Gasteiger partial charge in [-0.1, -0.05) is 41.9 Å². The van der Waals surface area contributed by atoms with Crippen molar-refractivity contribution in [1.29, 1.82) is 0 Å². The highest BCUT2D eigenvalue weighted by Crippen LogP contribution is 2.26. The highest BCUT2D eigenvalue weighted by Gasteiger charge is 2.30. The fraction of sp³-hybridized carbons (Fsp3) is 0.333. The molecule has 33 heavy (non-hydrogen) atoms. The van der Waals surface area contributed by atoms with Crippen LogP contribution in [0.25, 0.3) is 0 Å². The van der Waals surface area contributed by atoms with Gasteiger partial charge in [0.2, 0.25) is 0 Å². The normalized spacial score (nSPS) is 16.5. The second-order valence-corrected chi connectivity index (χ2v) is 11.4. The molecule has 0 N–H and O–H groups in total. The van der Waals surface area contributed by atoms with E-state index in [0.29, 0.717) is 48.6 Å². The van der Waals surface area contributed by atoms with Gasteiger partial charge in [0.1, 0.15) is 9.96 Å². The van der Waals surface area contributed by atoms with E-state index in [2.05, 4.69) is 4.90 Å². The maximum Gasteiger partial charge on any atom is 0.252 e. The van der Waals surface area contributed by atoms with Crippen molar-refractivity contribution < 1.29 is 17.9 Å². The van der Waals surface area contributed by atoms with Crippen LogP contribution in [-0.4, -0.2) is 57.5 Å². The van der Waals surface area contributed by atoms with Crippen LogP contribution in [0.5, 0.6) is 5.75 Å². The number of thiophene rings is 1. The Morgan fingerprint density at radius 2 is 1.79 bits per heavy atom. The second kappa shape index (κ2) is 11.0. The molecule has 2 heterocycles. The van der Waals surface area contributed by atoms with Crippen LogP contribution < -0.4 is 4.74 Å². The molecule has 0 spiro atoms. The SMILES string of the molecule is COc1cccc(COC(CN2CCN(S(=O)(=O)c3cccs3)CC2)c2ccc(Cl)cc2)c1. The van der Waals surface area contributed by atoms with Gasteiger partial charge in [-0.05, 0) is 46.8 Å². The summed E-state index contributed by atoms with van der Waals surface area (Å²) in [7, 11) is -1.77. The maximum atomic E-state index is 12.8. The maximum absolute atomic E-state index is 12.8. The number of rotatable bonds is 9. The lowest BCUT2D eigenvalue weighted by molar-refractivity contribution is 0.00768. The van der Waals surface area contributed by atoms with Crippen molar-refractivity contribution in [3.8, 4) is 5.75 Å². The van der Waals surface area contributed by atoms with Gasteiger partial charge in [-0.2, -0.15) is 4.31 Å². The van der Waals surface area contributed by atoms with Gasteiger partial charge in [0, 0.05) is 37.7 Å². The number of benzene rings is 2. The molecule has 4 rings (SSSR count). The minimum absolute atomic E-state index is 0.172. The lowest BCUT2D eigenvalue weighted by atomic mass is 10.1. The quantitative estimate of drug-likeness (QED) is 0.422. The minimum Gasteiger partial charge on any atom is -0.497 e. The zero-order valence-corrected chi connectivity index (χ0v) is 20.8. The van der Waals surface area contributed by atoms with Gasteiger partial charge in [0.25, 0.3) is 10.0 Å². The van der Waals surface area contributed by atoms with Gasteiger partial charge in [-0.25, -0.2) is 8.42 Å². The molecule has 1 saturated heterocycles. The van der Waals surface area contributed by atoms with Gasteiger partial charge in [-0.3, -0.25) is 4.90 Å². The lowest BCUT2D eigenvalue weighted by Crippen LogP contribution is -2.49.